The Labute approximate surface area is 245 Å². The smallest absolute Gasteiger partial charge is 0.311 e. The van der Waals surface area contributed by atoms with E-state index in [1.54, 1.807) is 0 Å². The molecule has 0 aromatic heterocycles. The van der Waals surface area contributed by atoms with Gasteiger partial charge in [-0.2, -0.15) is 0 Å². The van der Waals surface area contributed by atoms with Crippen LogP contribution in [0.3, 0.4) is 0 Å². The molecule has 0 amide bonds. The number of carbonyl (C=O) groups is 2. The first-order valence-corrected chi connectivity index (χ1v) is 17.3. The fourth-order valence-electron chi connectivity index (χ4n) is 8.79. The van der Waals surface area contributed by atoms with E-state index in [4.69, 9.17) is 4.74 Å². The van der Waals surface area contributed by atoms with Crippen LogP contribution in [0.15, 0.2) is 18.2 Å². The fourth-order valence-corrected chi connectivity index (χ4v) is 8.79. The maximum absolute atomic E-state index is 13.0. The Kier molecular flexibility index (Phi) is 12.2. The van der Waals surface area contributed by atoms with E-state index in [9.17, 15) is 9.59 Å². The standard InChI is InChI=1S/C37H58O3/c1-4-6-7-8-9-10-11-12-13-14-15-16-17-19-35(39)40-30-21-23-31-28(26-30)20-22-33-32(31)24-25-37(3)34(38)27-29(18-5-2)36(33)37/h21,23,26,29,32-33,36H,4-20,22,24-25,27H2,1-3H3. The van der Waals surface area contributed by atoms with Crippen LogP contribution in [-0.4, -0.2) is 11.8 Å². The summed E-state index contributed by atoms with van der Waals surface area (Å²) in [5.41, 5.74) is 2.73. The lowest BCUT2D eigenvalue weighted by Crippen LogP contribution is -2.44. The molecule has 5 unspecified atom stereocenters. The summed E-state index contributed by atoms with van der Waals surface area (Å²) in [7, 11) is 0. The number of rotatable bonds is 17. The predicted molar refractivity (Wildman–Crippen MR) is 166 cm³/mol. The third-order valence-electron chi connectivity index (χ3n) is 10.9. The van der Waals surface area contributed by atoms with Crippen molar-refractivity contribution in [2.45, 2.75) is 162 Å². The molecule has 3 heteroatoms. The van der Waals surface area contributed by atoms with E-state index in [0.717, 1.165) is 44.3 Å². The van der Waals surface area contributed by atoms with Gasteiger partial charge in [0.15, 0.2) is 0 Å². The minimum absolute atomic E-state index is 0.0861. The third kappa shape index (κ3) is 7.80. The van der Waals surface area contributed by atoms with E-state index in [1.165, 1.54) is 101 Å². The molecule has 3 aliphatic rings. The number of ether oxygens (including phenoxy) is 1. The Morgan fingerprint density at radius 3 is 2.17 bits per heavy atom. The van der Waals surface area contributed by atoms with Crippen molar-refractivity contribution in [3.63, 3.8) is 0 Å². The molecule has 0 bridgehead atoms. The van der Waals surface area contributed by atoms with Crippen molar-refractivity contribution in [2.75, 3.05) is 0 Å². The van der Waals surface area contributed by atoms with Gasteiger partial charge < -0.3 is 4.74 Å². The van der Waals surface area contributed by atoms with Crippen molar-refractivity contribution in [2.24, 2.45) is 23.2 Å². The molecule has 3 aliphatic carbocycles. The quantitative estimate of drug-likeness (QED) is 0.110. The Bertz CT molecular complexity index is 951. The largest absolute Gasteiger partial charge is 0.427 e. The summed E-state index contributed by atoms with van der Waals surface area (Å²) < 4.78 is 5.79. The summed E-state index contributed by atoms with van der Waals surface area (Å²) in [6.45, 7) is 6.82. The maximum atomic E-state index is 13.0. The number of ketones is 1. The first-order valence-electron chi connectivity index (χ1n) is 17.3. The van der Waals surface area contributed by atoms with Gasteiger partial charge in [0.2, 0.25) is 0 Å². The van der Waals surface area contributed by atoms with Crippen LogP contribution in [0.4, 0.5) is 0 Å². The van der Waals surface area contributed by atoms with Crippen LogP contribution in [0, 0.1) is 23.2 Å². The van der Waals surface area contributed by atoms with Crippen LogP contribution < -0.4 is 4.74 Å². The first kappa shape index (κ1) is 31.3. The molecule has 224 valence electrons. The van der Waals surface area contributed by atoms with E-state index in [-0.39, 0.29) is 11.4 Å². The highest BCUT2D eigenvalue weighted by Gasteiger charge is 2.58. The van der Waals surface area contributed by atoms with Crippen LogP contribution in [0.25, 0.3) is 0 Å². The zero-order chi connectivity index (χ0) is 28.4. The van der Waals surface area contributed by atoms with Crippen molar-refractivity contribution in [3.8, 4) is 5.75 Å². The lowest BCUT2D eigenvalue weighted by Gasteiger charge is -2.50. The lowest BCUT2D eigenvalue weighted by molar-refractivity contribution is -0.134. The van der Waals surface area contributed by atoms with Gasteiger partial charge in [-0.1, -0.05) is 110 Å². The van der Waals surface area contributed by atoms with E-state index in [2.05, 4.69) is 32.9 Å². The summed E-state index contributed by atoms with van der Waals surface area (Å²) in [6.07, 6.45) is 25.1. The predicted octanol–water partition coefficient (Wildman–Crippen LogP) is 10.5. The van der Waals surface area contributed by atoms with Gasteiger partial charge >= 0.3 is 5.97 Å². The van der Waals surface area contributed by atoms with Gasteiger partial charge in [-0.15, -0.1) is 0 Å². The fraction of sp³-hybridized carbons (Fsp3) is 0.784. The van der Waals surface area contributed by atoms with Crippen LogP contribution in [0.2, 0.25) is 0 Å². The average molecular weight is 551 g/mol. The van der Waals surface area contributed by atoms with E-state index in [0.29, 0.717) is 35.9 Å². The SMILES string of the molecule is CCCCCCCCCCCCCCCC(=O)Oc1ccc2c(c1)CCC1C2CCC2(C)C(=O)CC(CCC)C12. The summed E-state index contributed by atoms with van der Waals surface area (Å²) in [5, 5.41) is 0. The number of hydrogen-bond acceptors (Lipinski definition) is 3. The van der Waals surface area contributed by atoms with Crippen molar-refractivity contribution < 1.29 is 14.3 Å². The second-order valence-electron chi connectivity index (χ2n) is 13.8. The van der Waals surface area contributed by atoms with Crippen LogP contribution in [0.5, 0.6) is 5.75 Å². The molecule has 1 aromatic rings. The molecule has 5 atom stereocenters. The average Bonchev–Trinajstić information content (AvgIpc) is 3.20. The minimum Gasteiger partial charge on any atom is -0.427 e. The molecule has 0 radical (unpaired) electrons. The molecule has 2 saturated carbocycles. The van der Waals surface area contributed by atoms with Gasteiger partial charge in [-0.25, -0.2) is 0 Å². The highest BCUT2D eigenvalue weighted by Crippen LogP contribution is 2.62. The Morgan fingerprint density at radius 1 is 0.875 bits per heavy atom. The van der Waals surface area contributed by atoms with E-state index >= 15 is 0 Å². The number of carbonyl (C=O) groups excluding carboxylic acids is 2. The summed E-state index contributed by atoms with van der Waals surface area (Å²) in [5.74, 6) is 3.47. The molecule has 40 heavy (non-hydrogen) atoms. The molecular formula is C37H58O3. The van der Waals surface area contributed by atoms with Gasteiger partial charge in [0, 0.05) is 18.3 Å². The number of Topliss-reactive ketones (excluding diaryl/α,β-unsaturated/α-hetero) is 1. The molecule has 0 saturated heterocycles. The van der Waals surface area contributed by atoms with Crippen LogP contribution >= 0.6 is 0 Å². The molecule has 0 N–H and O–H groups in total. The van der Waals surface area contributed by atoms with Gasteiger partial charge in [0.05, 0.1) is 0 Å². The van der Waals surface area contributed by atoms with Crippen molar-refractivity contribution in [1.82, 2.24) is 0 Å². The monoisotopic (exact) mass is 550 g/mol. The van der Waals surface area contributed by atoms with Crippen molar-refractivity contribution in [3.05, 3.63) is 29.3 Å². The zero-order valence-electron chi connectivity index (χ0n) is 26.1. The summed E-state index contributed by atoms with van der Waals surface area (Å²) in [4.78, 5) is 25.6. The topological polar surface area (TPSA) is 43.4 Å². The van der Waals surface area contributed by atoms with Gasteiger partial charge in [0.1, 0.15) is 11.5 Å². The molecule has 4 rings (SSSR count). The number of fused-ring (bicyclic) bond motifs is 5. The second kappa shape index (κ2) is 15.5. The number of hydrogen-bond donors (Lipinski definition) is 0. The molecule has 2 fully saturated rings. The van der Waals surface area contributed by atoms with E-state index < -0.39 is 0 Å². The van der Waals surface area contributed by atoms with E-state index in [1.807, 2.05) is 6.07 Å². The van der Waals surface area contributed by atoms with Crippen molar-refractivity contribution in [1.29, 1.82) is 0 Å². The molecule has 3 nitrogen and oxygen atoms in total. The number of aryl methyl sites for hydroxylation is 1. The number of esters is 1. The highest BCUT2D eigenvalue weighted by atomic mass is 16.5. The highest BCUT2D eigenvalue weighted by molar-refractivity contribution is 5.87. The Balaban J connectivity index is 1.16. The van der Waals surface area contributed by atoms with Crippen molar-refractivity contribution >= 4 is 11.8 Å². The number of benzene rings is 1. The molecule has 0 heterocycles. The summed E-state index contributed by atoms with van der Waals surface area (Å²) in [6, 6.07) is 6.42. The Hall–Kier alpha value is -1.64. The van der Waals surface area contributed by atoms with Crippen LogP contribution in [-0.2, 0) is 16.0 Å². The second-order valence-corrected chi connectivity index (χ2v) is 13.8. The Morgan fingerprint density at radius 2 is 1.52 bits per heavy atom. The first-order chi connectivity index (χ1) is 19.5. The molecular weight excluding hydrogens is 492 g/mol. The van der Waals surface area contributed by atoms with Gasteiger partial charge in [-0.3, -0.25) is 9.59 Å². The molecule has 0 aliphatic heterocycles. The zero-order valence-corrected chi connectivity index (χ0v) is 26.1. The van der Waals surface area contributed by atoms with Crippen LogP contribution in [0.1, 0.15) is 166 Å². The van der Waals surface area contributed by atoms with Gasteiger partial charge in [0.25, 0.3) is 0 Å². The normalized spacial score (nSPS) is 27.2. The third-order valence-corrected chi connectivity index (χ3v) is 10.9. The molecule has 0 spiro atoms. The lowest BCUT2D eigenvalue weighted by atomic mass is 9.54. The maximum Gasteiger partial charge on any atom is 0.311 e. The summed E-state index contributed by atoms with van der Waals surface area (Å²) >= 11 is 0. The number of unbranched alkanes of at least 4 members (excludes halogenated alkanes) is 12. The van der Waals surface area contributed by atoms with Gasteiger partial charge in [-0.05, 0) is 85.5 Å². The molecule has 1 aromatic carbocycles. The minimum atomic E-state index is -0.0957.